The second-order valence-electron chi connectivity index (χ2n) is 9.84. The predicted octanol–water partition coefficient (Wildman–Crippen LogP) is 5.60. The molecule has 230 valence electrons. The summed E-state index contributed by atoms with van der Waals surface area (Å²) >= 11 is 0. The molecule has 0 aromatic heterocycles. The van der Waals surface area contributed by atoms with E-state index in [0.717, 1.165) is 25.2 Å². The molecule has 44 heavy (non-hydrogen) atoms. The number of allylic oxidation sites excluding steroid dienone is 4. The summed E-state index contributed by atoms with van der Waals surface area (Å²) in [6, 6.07) is 38.1. The van der Waals surface area contributed by atoms with Gasteiger partial charge in [-0.3, -0.25) is 0 Å². The molecule has 0 aliphatic heterocycles. The van der Waals surface area contributed by atoms with Gasteiger partial charge in [-0.05, 0) is 18.8 Å². The molecule has 7 rings (SSSR count). The average Bonchev–Trinajstić information content (AvgIpc) is 3.86. The molecule has 1 fully saturated rings. The molecule has 0 bridgehead atoms. The van der Waals surface area contributed by atoms with Gasteiger partial charge in [0.25, 0.3) is 0 Å². The van der Waals surface area contributed by atoms with Crippen LogP contribution in [0.2, 0.25) is 0 Å². The van der Waals surface area contributed by atoms with E-state index in [1.54, 1.807) is 5.57 Å². The van der Waals surface area contributed by atoms with E-state index < -0.39 is 0 Å². The first-order valence-corrected chi connectivity index (χ1v) is 14.9. The Hall–Kier alpha value is -1.16. The van der Waals surface area contributed by atoms with E-state index in [0.29, 0.717) is 0 Å². The van der Waals surface area contributed by atoms with E-state index >= 15 is 0 Å². The Labute approximate surface area is 321 Å². The summed E-state index contributed by atoms with van der Waals surface area (Å²) in [6.45, 7) is 11.4. The fourth-order valence-corrected chi connectivity index (χ4v) is 4.30. The molecule has 0 nitrogen and oxygen atoms in total. The number of hydrogen-bond donors (Lipinski definition) is 0. The van der Waals surface area contributed by atoms with Crippen molar-refractivity contribution in [1.29, 1.82) is 0 Å². The molecule has 0 heterocycles. The van der Waals surface area contributed by atoms with Gasteiger partial charge >= 0.3 is 52.4 Å². The zero-order valence-electron chi connectivity index (χ0n) is 26.5. The van der Waals surface area contributed by atoms with Gasteiger partial charge in [0.1, 0.15) is 0 Å². The first-order chi connectivity index (χ1) is 19.7. The van der Waals surface area contributed by atoms with E-state index in [1.807, 2.05) is 66.7 Å². The van der Waals surface area contributed by atoms with Crippen molar-refractivity contribution in [2.24, 2.45) is 5.92 Å². The van der Waals surface area contributed by atoms with Crippen LogP contribution in [0.3, 0.4) is 0 Å². The van der Waals surface area contributed by atoms with Crippen molar-refractivity contribution in [1.82, 2.24) is 0 Å². The maximum Gasteiger partial charge on any atom is 4.00 e. The van der Waals surface area contributed by atoms with Gasteiger partial charge in [-0.15, -0.1) is 24.1 Å². The zero-order chi connectivity index (χ0) is 28.7. The monoisotopic (exact) mass is 778 g/mol. The Kier molecular flexibility index (Phi) is 34.1. The Balaban J connectivity index is -0.000000482. The van der Waals surface area contributed by atoms with Crippen molar-refractivity contribution in [2.75, 3.05) is 0 Å². The van der Waals surface area contributed by atoms with Gasteiger partial charge in [0.05, 0.1) is 0 Å². The summed E-state index contributed by atoms with van der Waals surface area (Å²) in [7, 11) is 0. The van der Waals surface area contributed by atoms with Crippen molar-refractivity contribution in [3.63, 3.8) is 0 Å². The molecular formula is C40H48Cl2Zr2. The minimum Gasteiger partial charge on any atom is -1.00 e. The molecule has 4 heteroatoms. The first kappa shape index (κ1) is 47.2. The van der Waals surface area contributed by atoms with E-state index in [9.17, 15) is 0 Å². The second kappa shape index (κ2) is 31.8. The van der Waals surface area contributed by atoms with Gasteiger partial charge < -0.3 is 38.7 Å². The summed E-state index contributed by atoms with van der Waals surface area (Å²) < 4.78 is 0. The standard InChI is InChI=1S/C13H9.C9H11.2C5H5.2C4H9.2ClH.2Zr/c1-3-7-12-10(5-1)9-11-6-2-4-8-13(11)12;1-2-5-9-7-3-6-8(9)4-1;2*1-2-4-5-3-1;2*1-3-4-2;;;;/h1-5,7-8H,9H2;1-2,4,6,9H,3,5,7H2;2*1-5H;2*1,3-4H2,2H3;2*1H;;/q6*-1;;;2*+4/p-2. The van der Waals surface area contributed by atoms with E-state index in [-0.39, 0.29) is 77.2 Å². The van der Waals surface area contributed by atoms with Crippen LogP contribution in [0.25, 0.3) is 11.1 Å². The third kappa shape index (κ3) is 19.4. The molecular weight excluding hydrogens is 734 g/mol. The molecule has 1 saturated carbocycles. The quantitative estimate of drug-likeness (QED) is 0.205. The fraction of sp³-hybridized carbons (Fsp3) is 0.275. The van der Waals surface area contributed by atoms with Crippen LogP contribution in [0.4, 0.5) is 0 Å². The average molecular weight is 782 g/mol. The molecule has 0 amide bonds. The Morgan fingerprint density at radius 1 is 0.773 bits per heavy atom. The number of fused-ring (bicyclic) bond motifs is 4. The summed E-state index contributed by atoms with van der Waals surface area (Å²) in [5.41, 5.74) is 7.09. The largest absolute Gasteiger partial charge is 4.00 e. The third-order valence-electron chi connectivity index (χ3n) is 6.65. The van der Waals surface area contributed by atoms with Crippen LogP contribution in [-0.4, -0.2) is 0 Å². The molecule has 0 spiro atoms. The summed E-state index contributed by atoms with van der Waals surface area (Å²) in [5, 5.41) is 0. The third-order valence-corrected chi connectivity index (χ3v) is 6.65. The van der Waals surface area contributed by atoms with Gasteiger partial charge in [-0.1, -0.05) is 68.5 Å². The van der Waals surface area contributed by atoms with Gasteiger partial charge in [0.15, 0.2) is 0 Å². The van der Waals surface area contributed by atoms with Crippen molar-refractivity contribution in [2.45, 2.75) is 65.2 Å². The van der Waals surface area contributed by atoms with Gasteiger partial charge in [-0.25, -0.2) is 42.3 Å². The van der Waals surface area contributed by atoms with Crippen LogP contribution >= 0.6 is 0 Å². The Morgan fingerprint density at radius 3 is 1.82 bits per heavy atom. The summed E-state index contributed by atoms with van der Waals surface area (Å²) in [5.74, 6) is 0.884. The Morgan fingerprint density at radius 2 is 1.32 bits per heavy atom. The van der Waals surface area contributed by atoms with Gasteiger partial charge in [0.2, 0.25) is 0 Å². The van der Waals surface area contributed by atoms with Crippen LogP contribution in [0.15, 0.2) is 127 Å². The summed E-state index contributed by atoms with van der Waals surface area (Å²) in [4.78, 5) is 0. The molecule has 0 saturated heterocycles. The van der Waals surface area contributed by atoms with Crippen molar-refractivity contribution < 1.29 is 77.2 Å². The smallest absolute Gasteiger partial charge is 1.00 e. The Bertz CT molecular complexity index is 1070. The van der Waals surface area contributed by atoms with Crippen LogP contribution < -0.4 is 24.8 Å². The van der Waals surface area contributed by atoms with Gasteiger partial charge in [-0.2, -0.15) is 79.1 Å². The van der Waals surface area contributed by atoms with E-state index in [4.69, 9.17) is 0 Å². The van der Waals surface area contributed by atoms with Crippen LogP contribution in [0.1, 0.15) is 69.9 Å². The number of rotatable bonds is 2. The molecule has 4 aromatic carbocycles. The van der Waals surface area contributed by atoms with Crippen LogP contribution in [0.5, 0.6) is 0 Å². The molecule has 3 aliphatic carbocycles. The maximum atomic E-state index is 3.60. The van der Waals surface area contributed by atoms with Crippen molar-refractivity contribution in [3.05, 3.63) is 164 Å². The fourth-order valence-electron chi connectivity index (χ4n) is 4.30. The first-order valence-electron chi connectivity index (χ1n) is 14.9. The van der Waals surface area contributed by atoms with Crippen LogP contribution in [0, 0.1) is 32.3 Å². The van der Waals surface area contributed by atoms with Gasteiger partial charge in [0, 0.05) is 0 Å². The normalized spacial score (nSPS) is 13.2. The molecule has 4 aromatic rings. The molecule has 1 atom stereocenters. The zero-order valence-corrected chi connectivity index (χ0v) is 33.0. The molecule has 3 aliphatic rings. The number of unbranched alkanes of at least 4 members (excludes halogenated alkanes) is 2. The minimum atomic E-state index is 0. The molecule has 0 N–H and O–H groups in total. The number of hydrogen-bond acceptors (Lipinski definition) is 0. The van der Waals surface area contributed by atoms with E-state index in [2.05, 4.69) is 94.8 Å². The van der Waals surface area contributed by atoms with Crippen LogP contribution in [-0.2, 0) is 58.8 Å². The second-order valence-corrected chi connectivity index (χ2v) is 9.84. The van der Waals surface area contributed by atoms with Crippen molar-refractivity contribution >= 4 is 0 Å². The van der Waals surface area contributed by atoms with E-state index in [1.165, 1.54) is 54.4 Å². The topological polar surface area (TPSA) is 0 Å². The molecule has 0 radical (unpaired) electrons. The predicted molar refractivity (Wildman–Crippen MR) is 177 cm³/mol. The number of halogens is 2. The van der Waals surface area contributed by atoms with Crippen molar-refractivity contribution in [3.8, 4) is 11.1 Å². The maximum absolute atomic E-state index is 3.60. The molecule has 1 unspecified atom stereocenters. The number of benzene rings is 2. The summed E-state index contributed by atoms with van der Waals surface area (Å²) in [6.07, 6.45) is 18.6. The SMILES string of the molecule is C1=CCC2CC[CH-]C2=C1.[CH2-]CCC.[CH2-]CCC.[Cl-].[Cl-].[Zr+4].[Zr+4].[c-]1cccc2c1Cc1ccccc1-2.c1cc[cH-]c1.c1cc[cH-]c1. The minimum absolute atomic E-state index is 0.